The maximum Gasteiger partial charge on any atom is -0.0383 e. The Balaban J connectivity index is 2.33. The summed E-state index contributed by atoms with van der Waals surface area (Å²) in [5.74, 6) is 3.19. The zero-order valence-corrected chi connectivity index (χ0v) is 9.68. The predicted molar refractivity (Wildman–Crippen MR) is 59.8 cm³/mol. The van der Waals surface area contributed by atoms with Crippen LogP contribution in [0.1, 0.15) is 65.7 Å². The van der Waals surface area contributed by atoms with Crippen LogP contribution in [0.5, 0.6) is 0 Å². The first-order chi connectivity index (χ1) is 6.31. The topological polar surface area (TPSA) is 0 Å². The molecule has 1 fully saturated rings. The minimum Gasteiger partial charge on any atom is -0.0654 e. The van der Waals surface area contributed by atoms with Crippen molar-refractivity contribution < 1.29 is 0 Å². The molecule has 1 aliphatic carbocycles. The molecule has 1 saturated carbocycles. The Kier molecular flexibility index (Phi) is 4.83. The fourth-order valence-corrected chi connectivity index (χ4v) is 3.06. The third-order valence-electron chi connectivity index (χ3n) is 4.01. The maximum absolute atomic E-state index is 2.37. The number of hydrogen-bond donors (Lipinski definition) is 0. The van der Waals surface area contributed by atoms with E-state index in [-0.39, 0.29) is 0 Å². The third-order valence-corrected chi connectivity index (χ3v) is 4.01. The first kappa shape index (κ1) is 11.1. The summed E-state index contributed by atoms with van der Waals surface area (Å²) in [5, 5.41) is 0. The van der Waals surface area contributed by atoms with Gasteiger partial charge in [-0.3, -0.25) is 0 Å². The molecule has 78 valence electrons. The van der Waals surface area contributed by atoms with Gasteiger partial charge in [-0.25, -0.2) is 0 Å². The molecule has 0 spiro atoms. The molecule has 0 amide bonds. The highest BCUT2D eigenvalue weighted by Crippen LogP contribution is 2.39. The molecule has 0 heterocycles. The minimum atomic E-state index is 1.04. The van der Waals surface area contributed by atoms with Gasteiger partial charge in [0.05, 0.1) is 0 Å². The van der Waals surface area contributed by atoms with Crippen LogP contribution in [0.2, 0.25) is 0 Å². The molecule has 0 saturated heterocycles. The lowest BCUT2D eigenvalue weighted by molar-refractivity contribution is 0.297. The highest BCUT2D eigenvalue weighted by molar-refractivity contribution is 4.79. The molecule has 0 aromatic rings. The van der Waals surface area contributed by atoms with E-state index in [0.717, 1.165) is 17.8 Å². The molecule has 0 nitrogen and oxygen atoms in total. The smallest absolute Gasteiger partial charge is 0.0383 e. The van der Waals surface area contributed by atoms with E-state index in [0.29, 0.717) is 0 Å². The monoisotopic (exact) mass is 182 g/mol. The van der Waals surface area contributed by atoms with Gasteiger partial charge in [-0.2, -0.15) is 0 Å². The zero-order valence-electron chi connectivity index (χ0n) is 9.68. The van der Waals surface area contributed by atoms with Gasteiger partial charge in [-0.15, -0.1) is 0 Å². The van der Waals surface area contributed by atoms with Gasteiger partial charge in [0, 0.05) is 0 Å². The molecule has 3 atom stereocenters. The van der Waals surface area contributed by atoms with Gasteiger partial charge in [0.2, 0.25) is 0 Å². The van der Waals surface area contributed by atoms with E-state index in [1.807, 2.05) is 0 Å². The number of hydrogen-bond acceptors (Lipinski definition) is 0. The maximum atomic E-state index is 2.37. The normalized spacial score (nSPS) is 30.7. The van der Waals surface area contributed by atoms with Gasteiger partial charge >= 0.3 is 0 Å². The molecule has 0 aromatic heterocycles. The Bertz CT molecular complexity index is 128. The van der Waals surface area contributed by atoms with Crippen molar-refractivity contribution in [3.05, 3.63) is 0 Å². The van der Waals surface area contributed by atoms with Gasteiger partial charge in [0.1, 0.15) is 0 Å². The third kappa shape index (κ3) is 3.00. The zero-order chi connectivity index (χ0) is 9.68. The first-order valence-corrected chi connectivity index (χ1v) is 6.31. The second kappa shape index (κ2) is 5.67. The summed E-state index contributed by atoms with van der Waals surface area (Å²) >= 11 is 0. The molecule has 1 aliphatic rings. The highest BCUT2D eigenvalue weighted by atomic mass is 14.3. The Morgan fingerprint density at radius 1 is 1.15 bits per heavy atom. The van der Waals surface area contributed by atoms with Crippen LogP contribution in [0, 0.1) is 17.8 Å². The summed E-state index contributed by atoms with van der Waals surface area (Å²) in [6, 6.07) is 0. The average molecular weight is 182 g/mol. The Hall–Kier alpha value is 0. The molecule has 0 heteroatoms. The van der Waals surface area contributed by atoms with E-state index < -0.39 is 0 Å². The Morgan fingerprint density at radius 2 is 1.92 bits per heavy atom. The van der Waals surface area contributed by atoms with E-state index in [1.165, 1.54) is 44.9 Å². The lowest BCUT2D eigenvalue weighted by atomic mass is 9.84. The van der Waals surface area contributed by atoms with Crippen LogP contribution in [0.15, 0.2) is 0 Å². The van der Waals surface area contributed by atoms with Crippen molar-refractivity contribution in [3.63, 3.8) is 0 Å². The summed E-state index contributed by atoms with van der Waals surface area (Å²) in [5.41, 5.74) is 0. The summed E-state index contributed by atoms with van der Waals surface area (Å²) in [4.78, 5) is 0. The van der Waals surface area contributed by atoms with Crippen molar-refractivity contribution in [1.82, 2.24) is 0 Å². The predicted octanol–water partition coefficient (Wildman–Crippen LogP) is 4.64. The van der Waals surface area contributed by atoms with Crippen molar-refractivity contribution in [2.24, 2.45) is 17.8 Å². The van der Waals surface area contributed by atoms with Crippen LogP contribution in [0.3, 0.4) is 0 Å². The van der Waals surface area contributed by atoms with E-state index in [4.69, 9.17) is 0 Å². The van der Waals surface area contributed by atoms with Crippen LogP contribution in [0.25, 0.3) is 0 Å². The molecule has 0 N–H and O–H groups in total. The Labute approximate surface area is 84.1 Å². The van der Waals surface area contributed by atoms with E-state index >= 15 is 0 Å². The highest BCUT2D eigenvalue weighted by Gasteiger charge is 2.28. The van der Waals surface area contributed by atoms with Crippen molar-refractivity contribution in [1.29, 1.82) is 0 Å². The summed E-state index contributed by atoms with van der Waals surface area (Å²) in [7, 11) is 0. The van der Waals surface area contributed by atoms with Crippen molar-refractivity contribution in [3.8, 4) is 0 Å². The molecule has 0 aromatic carbocycles. The van der Waals surface area contributed by atoms with Crippen LogP contribution >= 0.6 is 0 Å². The molecular weight excluding hydrogens is 156 g/mol. The van der Waals surface area contributed by atoms with Crippen LogP contribution in [0.4, 0.5) is 0 Å². The first-order valence-electron chi connectivity index (χ1n) is 6.31. The molecule has 0 radical (unpaired) electrons. The van der Waals surface area contributed by atoms with E-state index in [9.17, 15) is 0 Å². The Morgan fingerprint density at radius 3 is 2.38 bits per heavy atom. The molecule has 0 bridgehead atoms. The van der Waals surface area contributed by atoms with Crippen molar-refractivity contribution in [2.45, 2.75) is 65.7 Å². The van der Waals surface area contributed by atoms with Crippen LogP contribution < -0.4 is 0 Å². The summed E-state index contributed by atoms with van der Waals surface area (Å²) in [6.07, 6.45) is 10.3. The minimum absolute atomic E-state index is 1.04. The summed E-state index contributed by atoms with van der Waals surface area (Å²) < 4.78 is 0. The van der Waals surface area contributed by atoms with Crippen molar-refractivity contribution in [2.75, 3.05) is 0 Å². The molecule has 0 aliphatic heterocycles. The second-order valence-electron chi connectivity index (χ2n) is 4.80. The molecule has 3 unspecified atom stereocenters. The standard InChI is InChI=1S/C13H26/c1-4-7-12(6-3)13-9-8-11(5-2)10-13/h11-13H,4-10H2,1-3H3. The van der Waals surface area contributed by atoms with Gasteiger partial charge in [0.25, 0.3) is 0 Å². The largest absolute Gasteiger partial charge is 0.0654 e. The fraction of sp³-hybridized carbons (Fsp3) is 1.00. The fourth-order valence-electron chi connectivity index (χ4n) is 3.06. The molecular formula is C13H26. The lowest BCUT2D eigenvalue weighted by Crippen LogP contribution is -2.11. The lowest BCUT2D eigenvalue weighted by Gasteiger charge is -2.21. The van der Waals surface area contributed by atoms with Crippen LogP contribution in [-0.4, -0.2) is 0 Å². The summed E-state index contributed by atoms with van der Waals surface area (Å²) in [6.45, 7) is 7.06. The van der Waals surface area contributed by atoms with E-state index in [2.05, 4.69) is 20.8 Å². The van der Waals surface area contributed by atoms with Crippen LogP contribution in [-0.2, 0) is 0 Å². The van der Waals surface area contributed by atoms with Gasteiger partial charge in [0.15, 0.2) is 0 Å². The SMILES string of the molecule is CCCC(CC)C1CCC(CC)C1. The molecule has 1 rings (SSSR count). The second-order valence-corrected chi connectivity index (χ2v) is 4.80. The van der Waals surface area contributed by atoms with E-state index in [1.54, 1.807) is 0 Å². The average Bonchev–Trinajstić information content (AvgIpc) is 2.62. The van der Waals surface area contributed by atoms with Gasteiger partial charge < -0.3 is 0 Å². The van der Waals surface area contributed by atoms with Gasteiger partial charge in [-0.1, -0.05) is 52.9 Å². The quantitative estimate of drug-likeness (QED) is 0.581. The number of rotatable bonds is 5. The van der Waals surface area contributed by atoms with Gasteiger partial charge in [-0.05, 0) is 30.6 Å². The molecule has 13 heavy (non-hydrogen) atoms. The van der Waals surface area contributed by atoms with Crippen molar-refractivity contribution >= 4 is 0 Å².